The minimum Gasteiger partial charge on any atom is -0.497 e. The molecule has 0 aromatic heterocycles. The molecule has 0 fully saturated rings. The molecule has 0 radical (unpaired) electrons. The maximum atomic E-state index is 12.4. The summed E-state index contributed by atoms with van der Waals surface area (Å²) in [4.78, 5) is 13.8. The van der Waals surface area contributed by atoms with Gasteiger partial charge >= 0.3 is 0 Å². The molecule has 0 saturated carbocycles. The van der Waals surface area contributed by atoms with Crippen LogP contribution in [0.1, 0.15) is 22.8 Å². The fraction of sp³-hybridized carbons (Fsp3) is 0.222. The van der Waals surface area contributed by atoms with Gasteiger partial charge in [-0.05, 0) is 35.4 Å². The Morgan fingerprint density at radius 3 is 2.74 bits per heavy atom. The summed E-state index contributed by atoms with van der Waals surface area (Å²) in [5, 5.41) is 19.2. The van der Waals surface area contributed by atoms with Gasteiger partial charge in [-0.3, -0.25) is 4.79 Å². The van der Waals surface area contributed by atoms with Crippen LogP contribution in [0, 0.1) is 11.3 Å². The molecular weight excluding hydrogens is 292 g/mol. The number of likely N-dealkylation sites (N-methyl/N-ethyl adjacent to an activating group) is 1. The van der Waals surface area contributed by atoms with E-state index in [-0.39, 0.29) is 0 Å². The van der Waals surface area contributed by atoms with Crippen molar-refractivity contribution in [1.29, 1.82) is 5.26 Å². The molecule has 0 saturated heterocycles. The monoisotopic (exact) mass is 310 g/mol. The molecule has 1 unspecified atom stereocenters. The van der Waals surface area contributed by atoms with E-state index in [1.165, 1.54) is 12.0 Å². The number of carbonyl (C=O) groups is 1. The number of methoxy groups -OCH3 is 1. The van der Waals surface area contributed by atoms with E-state index < -0.39 is 12.0 Å². The van der Waals surface area contributed by atoms with E-state index in [2.05, 4.69) is 6.07 Å². The molecule has 118 valence electrons. The second-order valence-corrected chi connectivity index (χ2v) is 5.19. The Balaban J connectivity index is 2.10. The van der Waals surface area contributed by atoms with Crippen LogP contribution in [0.2, 0.25) is 0 Å². The molecule has 0 aliphatic rings. The molecule has 1 atom stereocenters. The second-order valence-electron chi connectivity index (χ2n) is 5.19. The smallest absolute Gasteiger partial charge is 0.256 e. The van der Waals surface area contributed by atoms with Crippen LogP contribution in [-0.2, 0) is 11.3 Å². The molecule has 0 bridgehead atoms. The molecule has 0 aliphatic carbocycles. The summed E-state index contributed by atoms with van der Waals surface area (Å²) < 4.78 is 5.10. The summed E-state index contributed by atoms with van der Waals surface area (Å²) in [7, 11) is 3.15. The SMILES string of the molecule is COc1cccc(C(O)C(=O)N(C)Cc2cccc(C#N)c2)c1. The fourth-order valence-electron chi connectivity index (χ4n) is 2.25. The number of nitrogens with zero attached hydrogens (tertiary/aromatic N) is 2. The predicted octanol–water partition coefficient (Wildman–Crippen LogP) is 2.26. The number of amides is 1. The van der Waals surface area contributed by atoms with Crippen molar-refractivity contribution in [2.45, 2.75) is 12.6 Å². The quantitative estimate of drug-likeness (QED) is 0.919. The highest BCUT2D eigenvalue weighted by atomic mass is 16.5. The van der Waals surface area contributed by atoms with Crippen molar-refractivity contribution in [3.05, 3.63) is 65.2 Å². The largest absolute Gasteiger partial charge is 0.497 e. The van der Waals surface area contributed by atoms with Crippen LogP contribution in [0.15, 0.2) is 48.5 Å². The Morgan fingerprint density at radius 1 is 1.30 bits per heavy atom. The van der Waals surface area contributed by atoms with E-state index in [0.717, 1.165) is 5.56 Å². The lowest BCUT2D eigenvalue weighted by Gasteiger charge is -2.21. The number of nitriles is 1. The van der Waals surface area contributed by atoms with E-state index in [4.69, 9.17) is 10.00 Å². The van der Waals surface area contributed by atoms with Crippen LogP contribution in [0.5, 0.6) is 5.75 Å². The third-order valence-electron chi connectivity index (χ3n) is 3.50. The Labute approximate surface area is 135 Å². The predicted molar refractivity (Wildman–Crippen MR) is 85.6 cm³/mol. The summed E-state index contributed by atoms with van der Waals surface area (Å²) in [5.74, 6) is 0.166. The van der Waals surface area contributed by atoms with Crippen LogP contribution in [0.4, 0.5) is 0 Å². The first-order valence-electron chi connectivity index (χ1n) is 7.11. The van der Waals surface area contributed by atoms with Crippen LogP contribution in [-0.4, -0.2) is 30.1 Å². The molecule has 1 N–H and O–H groups in total. The lowest BCUT2D eigenvalue weighted by atomic mass is 10.1. The third kappa shape index (κ3) is 4.09. The first-order chi connectivity index (χ1) is 11.0. The van der Waals surface area contributed by atoms with Crippen LogP contribution in [0.3, 0.4) is 0 Å². The lowest BCUT2D eigenvalue weighted by Crippen LogP contribution is -2.31. The van der Waals surface area contributed by atoms with Crippen molar-refractivity contribution in [3.8, 4) is 11.8 Å². The van der Waals surface area contributed by atoms with E-state index in [9.17, 15) is 9.90 Å². The first kappa shape index (κ1) is 16.5. The fourth-order valence-corrected chi connectivity index (χ4v) is 2.25. The van der Waals surface area contributed by atoms with Gasteiger partial charge in [0.15, 0.2) is 6.10 Å². The zero-order chi connectivity index (χ0) is 16.8. The van der Waals surface area contributed by atoms with Gasteiger partial charge in [-0.2, -0.15) is 5.26 Å². The van der Waals surface area contributed by atoms with Crippen LogP contribution in [0.25, 0.3) is 0 Å². The number of aliphatic hydroxyl groups excluding tert-OH is 1. The highest BCUT2D eigenvalue weighted by molar-refractivity contribution is 5.82. The molecule has 0 heterocycles. The highest BCUT2D eigenvalue weighted by Crippen LogP contribution is 2.21. The number of aliphatic hydroxyl groups is 1. The molecule has 23 heavy (non-hydrogen) atoms. The molecule has 2 aromatic rings. The average Bonchev–Trinajstić information content (AvgIpc) is 2.60. The topological polar surface area (TPSA) is 73.6 Å². The Kier molecular flexibility index (Phi) is 5.34. The van der Waals surface area contributed by atoms with Crippen molar-refractivity contribution in [2.75, 3.05) is 14.2 Å². The van der Waals surface area contributed by atoms with Crippen LogP contribution >= 0.6 is 0 Å². The first-order valence-corrected chi connectivity index (χ1v) is 7.11. The number of hydrogen-bond acceptors (Lipinski definition) is 4. The zero-order valence-electron chi connectivity index (χ0n) is 13.1. The van der Waals surface area contributed by atoms with Gasteiger partial charge in [0.1, 0.15) is 5.75 Å². The summed E-state index contributed by atoms with van der Waals surface area (Å²) in [6, 6.07) is 15.9. The minimum absolute atomic E-state index is 0.315. The molecule has 5 heteroatoms. The lowest BCUT2D eigenvalue weighted by molar-refractivity contribution is -0.139. The second kappa shape index (κ2) is 7.43. The van der Waals surface area contributed by atoms with Gasteiger partial charge in [0.05, 0.1) is 18.7 Å². The van der Waals surface area contributed by atoms with Gasteiger partial charge < -0.3 is 14.7 Å². The maximum absolute atomic E-state index is 12.4. The summed E-state index contributed by atoms with van der Waals surface area (Å²) >= 11 is 0. The molecule has 1 amide bonds. The van der Waals surface area contributed by atoms with E-state index in [1.807, 2.05) is 6.07 Å². The van der Waals surface area contributed by atoms with E-state index >= 15 is 0 Å². The van der Waals surface area contributed by atoms with Gasteiger partial charge in [0, 0.05) is 13.6 Å². The van der Waals surface area contributed by atoms with Crippen LogP contribution < -0.4 is 4.74 Å². The summed E-state index contributed by atoms with van der Waals surface area (Å²) in [5.41, 5.74) is 1.85. The van der Waals surface area contributed by atoms with Gasteiger partial charge in [-0.15, -0.1) is 0 Å². The molecule has 2 aromatic carbocycles. The summed E-state index contributed by atoms with van der Waals surface area (Å²) in [6.45, 7) is 0.315. The molecule has 0 spiro atoms. The van der Waals surface area contributed by atoms with E-state index in [0.29, 0.717) is 23.4 Å². The van der Waals surface area contributed by atoms with Gasteiger partial charge in [0.2, 0.25) is 0 Å². The molecule has 5 nitrogen and oxygen atoms in total. The van der Waals surface area contributed by atoms with Crippen molar-refractivity contribution in [1.82, 2.24) is 4.90 Å². The zero-order valence-corrected chi connectivity index (χ0v) is 13.1. The number of rotatable bonds is 5. The van der Waals surface area contributed by atoms with Crippen molar-refractivity contribution < 1.29 is 14.6 Å². The van der Waals surface area contributed by atoms with Gasteiger partial charge in [0.25, 0.3) is 5.91 Å². The van der Waals surface area contributed by atoms with Gasteiger partial charge in [-0.1, -0.05) is 24.3 Å². The standard InChI is InChI=1S/C18H18N2O3/c1-20(12-14-6-3-5-13(9-14)11-19)18(22)17(21)15-7-4-8-16(10-15)23-2/h3-10,17,21H,12H2,1-2H3. The minimum atomic E-state index is -1.26. The maximum Gasteiger partial charge on any atom is 0.256 e. The number of ether oxygens (including phenoxy) is 1. The summed E-state index contributed by atoms with van der Waals surface area (Å²) in [6.07, 6.45) is -1.26. The Morgan fingerprint density at radius 2 is 2.04 bits per heavy atom. The van der Waals surface area contributed by atoms with Gasteiger partial charge in [-0.25, -0.2) is 0 Å². The number of benzene rings is 2. The molecular formula is C18H18N2O3. The van der Waals surface area contributed by atoms with Crippen molar-refractivity contribution >= 4 is 5.91 Å². The molecule has 0 aliphatic heterocycles. The number of hydrogen-bond donors (Lipinski definition) is 1. The third-order valence-corrected chi connectivity index (χ3v) is 3.50. The normalized spacial score (nSPS) is 11.4. The average molecular weight is 310 g/mol. The van der Waals surface area contributed by atoms with E-state index in [1.54, 1.807) is 49.5 Å². The van der Waals surface area contributed by atoms with Crippen molar-refractivity contribution in [2.24, 2.45) is 0 Å². The molecule has 2 rings (SSSR count). The highest BCUT2D eigenvalue weighted by Gasteiger charge is 2.21. The Bertz CT molecular complexity index is 737. The number of carbonyl (C=O) groups excluding carboxylic acids is 1. The van der Waals surface area contributed by atoms with Crippen molar-refractivity contribution in [3.63, 3.8) is 0 Å². The Hall–Kier alpha value is -2.84.